The molecule has 0 spiro atoms. The van der Waals surface area contributed by atoms with E-state index in [9.17, 15) is 15.0 Å². The van der Waals surface area contributed by atoms with Crippen LogP contribution in [-0.4, -0.2) is 21.3 Å². The summed E-state index contributed by atoms with van der Waals surface area (Å²) in [6.45, 7) is -0.201. The first-order chi connectivity index (χ1) is 9.09. The molecule has 2 aromatic rings. The maximum absolute atomic E-state index is 11.7. The van der Waals surface area contributed by atoms with E-state index in [2.05, 4.69) is 0 Å². The van der Waals surface area contributed by atoms with Crippen molar-refractivity contribution in [1.82, 2.24) is 0 Å². The molecule has 3 N–H and O–H groups in total. The molecule has 2 aromatic carbocycles. The van der Waals surface area contributed by atoms with Crippen LogP contribution in [0.25, 0.3) is 0 Å². The number of ether oxygens (including phenoxy) is 1. The van der Waals surface area contributed by atoms with E-state index in [4.69, 9.17) is 9.84 Å². The highest BCUT2D eigenvalue weighted by Crippen LogP contribution is 2.37. The first kappa shape index (κ1) is 12.8. The van der Waals surface area contributed by atoms with Crippen LogP contribution in [0.2, 0.25) is 0 Å². The molecule has 5 nitrogen and oxygen atoms in total. The number of carbonyl (C=O) groups excluding carboxylic acids is 1. The van der Waals surface area contributed by atoms with E-state index in [-0.39, 0.29) is 12.2 Å². The van der Waals surface area contributed by atoms with Gasteiger partial charge in [-0.15, -0.1) is 0 Å². The number of rotatable bonds is 3. The fourth-order valence-corrected chi connectivity index (χ4v) is 1.53. The lowest BCUT2D eigenvalue weighted by molar-refractivity contribution is 0.0470. The van der Waals surface area contributed by atoms with E-state index in [0.717, 1.165) is 0 Å². The highest BCUT2D eigenvalue weighted by Gasteiger charge is 2.13. The minimum Gasteiger partial charge on any atom is -0.504 e. The maximum Gasteiger partial charge on any atom is 0.338 e. The monoisotopic (exact) mass is 260 g/mol. The van der Waals surface area contributed by atoms with Gasteiger partial charge in [0.2, 0.25) is 5.75 Å². The predicted octanol–water partition coefficient (Wildman–Crippen LogP) is 2.16. The third-order valence-corrected chi connectivity index (χ3v) is 2.58. The number of hydrogen-bond acceptors (Lipinski definition) is 5. The van der Waals surface area contributed by atoms with Gasteiger partial charge in [-0.3, -0.25) is 0 Å². The van der Waals surface area contributed by atoms with Crippen LogP contribution in [-0.2, 0) is 11.3 Å². The van der Waals surface area contributed by atoms with Gasteiger partial charge in [0.15, 0.2) is 11.5 Å². The molecule has 0 fully saturated rings. The van der Waals surface area contributed by atoms with E-state index in [1.165, 1.54) is 12.1 Å². The molecule has 19 heavy (non-hydrogen) atoms. The molecule has 0 aromatic heterocycles. The Balaban J connectivity index is 2.08. The number of aromatic hydroxyl groups is 3. The molecule has 0 aliphatic heterocycles. The molecule has 2 rings (SSSR count). The summed E-state index contributed by atoms with van der Waals surface area (Å²) < 4.78 is 5.00. The maximum atomic E-state index is 11.7. The topological polar surface area (TPSA) is 87.0 Å². The van der Waals surface area contributed by atoms with Gasteiger partial charge in [0.05, 0.1) is 5.56 Å². The second kappa shape index (κ2) is 5.30. The lowest BCUT2D eigenvalue weighted by atomic mass is 10.2. The summed E-state index contributed by atoms with van der Waals surface area (Å²) in [7, 11) is 0. The quantitative estimate of drug-likeness (QED) is 0.581. The third kappa shape index (κ3) is 2.77. The fraction of sp³-hybridized carbons (Fsp3) is 0.0714. The molecule has 0 atom stereocenters. The lowest BCUT2D eigenvalue weighted by Crippen LogP contribution is -2.05. The molecule has 0 heterocycles. The Kier molecular flexibility index (Phi) is 3.56. The summed E-state index contributed by atoms with van der Waals surface area (Å²) in [5.41, 5.74) is 0.601. The van der Waals surface area contributed by atoms with Crippen LogP contribution in [0.5, 0.6) is 17.2 Å². The molecule has 0 aliphatic rings. The van der Waals surface area contributed by atoms with E-state index in [1.54, 1.807) is 30.3 Å². The number of esters is 1. The average Bonchev–Trinajstić information content (AvgIpc) is 2.45. The lowest BCUT2D eigenvalue weighted by Gasteiger charge is -2.08. The zero-order valence-electron chi connectivity index (χ0n) is 9.91. The predicted molar refractivity (Wildman–Crippen MR) is 67.0 cm³/mol. The highest BCUT2D eigenvalue weighted by atomic mass is 16.5. The van der Waals surface area contributed by atoms with Crippen molar-refractivity contribution >= 4 is 5.97 Å². The Morgan fingerprint density at radius 2 is 1.63 bits per heavy atom. The normalized spacial score (nSPS) is 10.1. The van der Waals surface area contributed by atoms with Gasteiger partial charge in [0.25, 0.3) is 0 Å². The van der Waals surface area contributed by atoms with Gasteiger partial charge in [-0.05, 0) is 24.3 Å². The van der Waals surface area contributed by atoms with E-state index >= 15 is 0 Å². The SMILES string of the molecule is O=C(OCc1ccc(O)c(O)c1O)c1ccccc1. The summed E-state index contributed by atoms with van der Waals surface area (Å²) in [6.07, 6.45) is 0. The second-order valence-electron chi connectivity index (χ2n) is 3.88. The van der Waals surface area contributed by atoms with Crippen LogP contribution in [0.3, 0.4) is 0 Å². The number of benzene rings is 2. The van der Waals surface area contributed by atoms with Crippen LogP contribution >= 0.6 is 0 Å². The van der Waals surface area contributed by atoms with Crippen molar-refractivity contribution in [2.45, 2.75) is 6.61 Å². The molecule has 0 saturated heterocycles. The van der Waals surface area contributed by atoms with Gasteiger partial charge in [-0.25, -0.2) is 4.79 Å². The van der Waals surface area contributed by atoms with Crippen molar-refractivity contribution in [3.63, 3.8) is 0 Å². The van der Waals surface area contributed by atoms with Gasteiger partial charge in [0.1, 0.15) is 6.61 Å². The van der Waals surface area contributed by atoms with E-state index in [0.29, 0.717) is 5.56 Å². The molecule has 0 unspecified atom stereocenters. The van der Waals surface area contributed by atoms with Crippen molar-refractivity contribution in [2.24, 2.45) is 0 Å². The summed E-state index contributed by atoms with van der Waals surface area (Å²) in [5.74, 6) is -2.10. The largest absolute Gasteiger partial charge is 0.504 e. The highest BCUT2D eigenvalue weighted by molar-refractivity contribution is 5.89. The summed E-state index contributed by atoms with van der Waals surface area (Å²) in [5, 5.41) is 28.1. The molecule has 0 saturated carbocycles. The Bertz CT molecular complexity index is 592. The molecule has 0 aliphatic carbocycles. The van der Waals surface area contributed by atoms with Crippen LogP contribution in [0.4, 0.5) is 0 Å². The first-order valence-corrected chi connectivity index (χ1v) is 5.54. The van der Waals surface area contributed by atoms with Crippen LogP contribution < -0.4 is 0 Å². The average molecular weight is 260 g/mol. The van der Waals surface area contributed by atoms with Crippen molar-refractivity contribution < 1.29 is 24.9 Å². The fourth-order valence-electron chi connectivity index (χ4n) is 1.53. The molecule has 0 amide bonds. The molecule has 5 heteroatoms. The Morgan fingerprint density at radius 3 is 2.32 bits per heavy atom. The molecular weight excluding hydrogens is 248 g/mol. The van der Waals surface area contributed by atoms with Crippen molar-refractivity contribution in [3.05, 3.63) is 53.6 Å². The summed E-state index contributed by atoms with van der Waals surface area (Å²) >= 11 is 0. The van der Waals surface area contributed by atoms with Crippen molar-refractivity contribution in [3.8, 4) is 17.2 Å². The number of hydrogen-bond donors (Lipinski definition) is 3. The van der Waals surface area contributed by atoms with Crippen LogP contribution in [0, 0.1) is 0 Å². The summed E-state index contributed by atoms with van der Waals surface area (Å²) in [6, 6.07) is 11.0. The summed E-state index contributed by atoms with van der Waals surface area (Å²) in [4.78, 5) is 11.7. The van der Waals surface area contributed by atoms with Gasteiger partial charge >= 0.3 is 5.97 Å². The Labute approximate surface area is 109 Å². The molecule has 98 valence electrons. The number of phenolic OH excluding ortho intramolecular Hbond substituents is 3. The zero-order chi connectivity index (χ0) is 13.8. The zero-order valence-corrected chi connectivity index (χ0v) is 9.91. The Hall–Kier alpha value is -2.69. The second-order valence-corrected chi connectivity index (χ2v) is 3.88. The van der Waals surface area contributed by atoms with E-state index in [1.807, 2.05) is 0 Å². The first-order valence-electron chi connectivity index (χ1n) is 5.54. The van der Waals surface area contributed by atoms with Crippen LogP contribution in [0.1, 0.15) is 15.9 Å². The molecule has 0 bridgehead atoms. The standard InChI is InChI=1S/C14H12O5/c15-11-7-6-10(12(16)13(11)17)8-19-14(18)9-4-2-1-3-5-9/h1-7,15-17H,8H2. The molecule has 0 radical (unpaired) electrons. The minimum absolute atomic E-state index is 0.201. The van der Waals surface area contributed by atoms with Crippen LogP contribution in [0.15, 0.2) is 42.5 Å². The van der Waals surface area contributed by atoms with E-state index < -0.39 is 23.2 Å². The van der Waals surface area contributed by atoms with Crippen molar-refractivity contribution in [2.75, 3.05) is 0 Å². The van der Waals surface area contributed by atoms with Gasteiger partial charge in [0, 0.05) is 5.56 Å². The molecular formula is C14H12O5. The van der Waals surface area contributed by atoms with Gasteiger partial charge in [-0.2, -0.15) is 0 Å². The van der Waals surface area contributed by atoms with Gasteiger partial charge < -0.3 is 20.1 Å². The number of carbonyl (C=O) groups is 1. The minimum atomic E-state index is -0.631. The van der Waals surface area contributed by atoms with Crippen molar-refractivity contribution in [1.29, 1.82) is 0 Å². The number of phenols is 3. The van der Waals surface area contributed by atoms with Gasteiger partial charge in [-0.1, -0.05) is 18.2 Å². The Morgan fingerprint density at radius 1 is 0.947 bits per heavy atom. The smallest absolute Gasteiger partial charge is 0.338 e. The third-order valence-electron chi connectivity index (χ3n) is 2.58.